The molecule has 0 fully saturated rings. The predicted molar refractivity (Wildman–Crippen MR) is 234 cm³/mol. The third-order valence-electron chi connectivity index (χ3n) is 11.9. The average Bonchev–Trinajstić information content (AvgIpc) is 3.79. The summed E-state index contributed by atoms with van der Waals surface area (Å²) in [5, 5.41) is 9.26. The molecule has 1 aliphatic heterocycles. The van der Waals surface area contributed by atoms with Crippen molar-refractivity contribution in [3.63, 3.8) is 0 Å². The first-order valence-electron chi connectivity index (χ1n) is 19.3. The lowest BCUT2D eigenvalue weighted by molar-refractivity contribution is 0.488. The molecule has 5 nitrogen and oxygen atoms in total. The summed E-state index contributed by atoms with van der Waals surface area (Å²) in [4.78, 5) is 10.1. The summed E-state index contributed by atoms with van der Waals surface area (Å²) in [6, 6.07) is 62.8. The van der Waals surface area contributed by atoms with E-state index in [9.17, 15) is 0 Å². The number of hydrogen-bond donors (Lipinski definition) is 0. The molecule has 5 heterocycles. The number of pyridine rings is 2. The molecule has 0 bridgehead atoms. The van der Waals surface area contributed by atoms with Crippen LogP contribution in [0.15, 0.2) is 182 Å². The van der Waals surface area contributed by atoms with Crippen LogP contribution in [0.2, 0.25) is 0 Å². The van der Waals surface area contributed by atoms with Crippen LogP contribution in [0, 0.1) is 0 Å². The molecule has 0 saturated heterocycles. The van der Waals surface area contributed by atoms with Gasteiger partial charge in [0.2, 0.25) is 0 Å². The van der Waals surface area contributed by atoms with E-state index in [4.69, 9.17) is 14.7 Å². The Hall–Kier alpha value is -7.76. The van der Waals surface area contributed by atoms with Crippen molar-refractivity contribution in [1.82, 2.24) is 19.1 Å². The molecule has 0 amide bonds. The Bertz CT molecular complexity index is 3670. The number of para-hydroxylation sites is 3. The number of fused-ring (bicyclic) bond motifs is 12. The van der Waals surface area contributed by atoms with E-state index in [1.54, 1.807) is 0 Å². The van der Waals surface area contributed by atoms with Crippen molar-refractivity contribution < 1.29 is 4.74 Å². The highest BCUT2D eigenvalue weighted by Gasteiger charge is 2.26. The van der Waals surface area contributed by atoms with Gasteiger partial charge < -0.3 is 9.30 Å². The zero-order valence-corrected chi connectivity index (χ0v) is 30.5. The quantitative estimate of drug-likeness (QED) is 0.170. The largest absolute Gasteiger partial charge is 0.456 e. The molecule has 13 rings (SSSR count). The van der Waals surface area contributed by atoms with Crippen LogP contribution in [0.4, 0.5) is 0 Å². The maximum atomic E-state index is 7.01. The standard InChI is InChI=1S/C52H30N4O/c1-2-11-35(12-3-1)55-42-17-6-4-13-36(42)41-28-33(22-25-44(41)55)34-21-24-37-38-15-8-16-40-49-39-14-5-7-18-43(39)56(45(49)30-47(50(38)40)57-46(37)29-34)48-26-23-32-20-19-31-10-9-27-53-51(31)52(32)54-48/h1-30H. The van der Waals surface area contributed by atoms with Gasteiger partial charge in [0.25, 0.3) is 0 Å². The summed E-state index contributed by atoms with van der Waals surface area (Å²) in [5.41, 5.74) is 12.0. The fraction of sp³-hybridized carbons (Fsp3) is 0. The summed E-state index contributed by atoms with van der Waals surface area (Å²) in [6.07, 6.45) is 1.84. The van der Waals surface area contributed by atoms with Gasteiger partial charge in [0, 0.05) is 61.2 Å². The normalized spacial score (nSPS) is 12.4. The van der Waals surface area contributed by atoms with Crippen LogP contribution in [-0.2, 0) is 0 Å². The first-order valence-corrected chi connectivity index (χ1v) is 19.3. The molecular weight excluding hydrogens is 697 g/mol. The van der Waals surface area contributed by atoms with Crippen LogP contribution in [0.1, 0.15) is 0 Å². The van der Waals surface area contributed by atoms with Gasteiger partial charge in [0.15, 0.2) is 0 Å². The molecule has 57 heavy (non-hydrogen) atoms. The van der Waals surface area contributed by atoms with Crippen molar-refractivity contribution in [2.75, 3.05) is 0 Å². The van der Waals surface area contributed by atoms with Gasteiger partial charge in [-0.3, -0.25) is 9.55 Å². The fourth-order valence-electron chi connectivity index (χ4n) is 9.43. The van der Waals surface area contributed by atoms with Gasteiger partial charge in [-0.1, -0.05) is 103 Å². The molecule has 0 unspecified atom stereocenters. The number of ether oxygens (including phenoxy) is 1. The zero-order valence-electron chi connectivity index (χ0n) is 30.5. The summed E-state index contributed by atoms with van der Waals surface area (Å²) >= 11 is 0. The minimum absolute atomic E-state index is 0.844. The Labute approximate surface area is 326 Å². The van der Waals surface area contributed by atoms with E-state index in [-0.39, 0.29) is 0 Å². The van der Waals surface area contributed by atoms with Crippen LogP contribution < -0.4 is 4.74 Å². The molecule has 0 atom stereocenters. The Balaban J connectivity index is 0.998. The molecule has 4 aromatic heterocycles. The van der Waals surface area contributed by atoms with Crippen molar-refractivity contribution in [2.45, 2.75) is 0 Å². The van der Waals surface area contributed by atoms with Gasteiger partial charge in [-0.05, 0) is 88.8 Å². The van der Waals surface area contributed by atoms with E-state index < -0.39 is 0 Å². The number of aromatic nitrogens is 4. The SMILES string of the molecule is c1ccc(-n2c3ccccc3c3cc(-c4ccc5c(c4)Oc4cc6c(c7cccc-5c47)c4ccccc4n6-c4ccc5ccc6cccnc6c5n4)ccc32)cc1. The first kappa shape index (κ1) is 30.6. The second kappa shape index (κ2) is 11.4. The third kappa shape index (κ3) is 4.28. The molecule has 0 spiro atoms. The molecular formula is C52H30N4O. The highest BCUT2D eigenvalue weighted by atomic mass is 16.5. The molecule has 0 radical (unpaired) electrons. The van der Waals surface area contributed by atoms with Crippen LogP contribution in [0.5, 0.6) is 11.5 Å². The van der Waals surface area contributed by atoms with Crippen molar-refractivity contribution >= 4 is 76.2 Å². The van der Waals surface area contributed by atoms with E-state index >= 15 is 0 Å². The monoisotopic (exact) mass is 726 g/mol. The zero-order chi connectivity index (χ0) is 37.2. The van der Waals surface area contributed by atoms with Crippen LogP contribution >= 0.6 is 0 Å². The van der Waals surface area contributed by atoms with Gasteiger partial charge in [0.1, 0.15) is 17.3 Å². The highest BCUT2D eigenvalue weighted by Crippen LogP contribution is 2.51. The Morgan fingerprint density at radius 3 is 2.02 bits per heavy atom. The van der Waals surface area contributed by atoms with Gasteiger partial charge in [-0.2, -0.15) is 0 Å². The maximum Gasteiger partial charge on any atom is 0.138 e. The predicted octanol–water partition coefficient (Wildman–Crippen LogP) is 13.6. The second-order valence-electron chi connectivity index (χ2n) is 15.0. The first-order chi connectivity index (χ1) is 28.3. The molecule has 8 aromatic carbocycles. The van der Waals surface area contributed by atoms with E-state index in [0.29, 0.717) is 0 Å². The minimum Gasteiger partial charge on any atom is -0.456 e. The van der Waals surface area contributed by atoms with Gasteiger partial charge in [0.05, 0.1) is 33.1 Å². The van der Waals surface area contributed by atoms with Crippen LogP contribution in [0.3, 0.4) is 0 Å². The molecule has 1 aliphatic rings. The Morgan fingerprint density at radius 2 is 1.12 bits per heavy atom. The third-order valence-corrected chi connectivity index (χ3v) is 11.9. The topological polar surface area (TPSA) is 44.9 Å². The lowest BCUT2D eigenvalue weighted by Crippen LogP contribution is -2.00. The van der Waals surface area contributed by atoms with Crippen LogP contribution in [-0.4, -0.2) is 19.1 Å². The Morgan fingerprint density at radius 1 is 0.404 bits per heavy atom. The van der Waals surface area contributed by atoms with E-state index in [2.05, 4.69) is 179 Å². The second-order valence-corrected chi connectivity index (χ2v) is 15.0. The van der Waals surface area contributed by atoms with Crippen molar-refractivity contribution in [1.29, 1.82) is 0 Å². The van der Waals surface area contributed by atoms with E-state index in [0.717, 1.165) is 83.3 Å². The molecule has 0 saturated carbocycles. The maximum absolute atomic E-state index is 7.01. The smallest absolute Gasteiger partial charge is 0.138 e. The molecule has 5 heteroatoms. The lowest BCUT2D eigenvalue weighted by Gasteiger charge is -2.23. The molecule has 0 aliphatic carbocycles. The number of hydrogen-bond acceptors (Lipinski definition) is 3. The highest BCUT2D eigenvalue weighted by molar-refractivity contribution is 6.25. The van der Waals surface area contributed by atoms with Crippen molar-refractivity contribution in [3.05, 3.63) is 182 Å². The number of rotatable bonds is 3. The van der Waals surface area contributed by atoms with Gasteiger partial charge in [-0.25, -0.2) is 4.98 Å². The molecule has 12 aromatic rings. The van der Waals surface area contributed by atoms with Crippen LogP contribution in [0.25, 0.3) is 110 Å². The number of nitrogens with zero attached hydrogens (tertiary/aromatic N) is 4. The van der Waals surface area contributed by atoms with E-state index in [1.165, 1.54) is 38.1 Å². The summed E-state index contributed by atoms with van der Waals surface area (Å²) in [5.74, 6) is 2.54. The van der Waals surface area contributed by atoms with Crippen molar-refractivity contribution in [2.24, 2.45) is 0 Å². The summed E-state index contributed by atoms with van der Waals surface area (Å²) in [6.45, 7) is 0. The summed E-state index contributed by atoms with van der Waals surface area (Å²) in [7, 11) is 0. The van der Waals surface area contributed by atoms with Gasteiger partial charge >= 0.3 is 0 Å². The van der Waals surface area contributed by atoms with Gasteiger partial charge in [-0.15, -0.1) is 0 Å². The average molecular weight is 727 g/mol. The lowest BCUT2D eigenvalue weighted by atomic mass is 9.91. The number of benzene rings is 8. The Kier molecular flexibility index (Phi) is 6.10. The van der Waals surface area contributed by atoms with E-state index in [1.807, 2.05) is 12.3 Å². The fourth-order valence-corrected chi connectivity index (χ4v) is 9.43. The summed E-state index contributed by atoms with van der Waals surface area (Å²) < 4.78 is 11.6. The molecule has 0 N–H and O–H groups in total. The minimum atomic E-state index is 0.844. The van der Waals surface area contributed by atoms with Crippen molar-refractivity contribution in [3.8, 4) is 45.3 Å². The molecule has 264 valence electrons.